The molecule has 0 bridgehead atoms. The van der Waals surface area contributed by atoms with Gasteiger partial charge in [-0.05, 0) is 30.3 Å². The van der Waals surface area contributed by atoms with Gasteiger partial charge in [-0.25, -0.2) is 4.39 Å². The molecular weight excluding hydrogens is 287 g/mol. The third kappa shape index (κ3) is 3.30. The third-order valence-electron chi connectivity index (χ3n) is 2.46. The van der Waals surface area contributed by atoms with E-state index < -0.39 is 16.6 Å². The Bertz CT molecular complexity index is 674. The summed E-state index contributed by atoms with van der Waals surface area (Å²) in [5.74, 6) is -0.997. The van der Waals surface area contributed by atoms with Gasteiger partial charge in [0.25, 0.3) is 11.6 Å². The summed E-state index contributed by atoms with van der Waals surface area (Å²) >= 11 is 5.73. The van der Waals surface area contributed by atoms with E-state index in [4.69, 9.17) is 11.6 Å². The molecule has 2 aromatic carbocycles. The molecule has 2 rings (SSSR count). The van der Waals surface area contributed by atoms with Gasteiger partial charge in [0.1, 0.15) is 5.82 Å². The van der Waals surface area contributed by atoms with Crippen molar-refractivity contribution in [2.24, 2.45) is 0 Å². The van der Waals surface area contributed by atoms with Crippen LogP contribution in [-0.4, -0.2) is 10.8 Å². The number of rotatable bonds is 3. The van der Waals surface area contributed by atoms with Crippen LogP contribution in [0.15, 0.2) is 42.5 Å². The standard InChI is InChI=1S/C13H8ClFN2O3/c14-9-5-8(6-12(7-9)17(19)20)13(18)16-11-3-1-10(15)2-4-11/h1-7H,(H,16,18). The minimum Gasteiger partial charge on any atom is -0.322 e. The Hall–Kier alpha value is -2.47. The smallest absolute Gasteiger partial charge is 0.271 e. The first-order chi connectivity index (χ1) is 9.45. The first-order valence-corrected chi connectivity index (χ1v) is 5.85. The number of halogens is 2. The Morgan fingerprint density at radius 3 is 2.45 bits per heavy atom. The molecule has 0 aliphatic heterocycles. The number of amides is 1. The van der Waals surface area contributed by atoms with Crippen molar-refractivity contribution < 1.29 is 14.1 Å². The SMILES string of the molecule is O=C(Nc1ccc(F)cc1)c1cc(Cl)cc([N+](=O)[O-])c1. The number of carbonyl (C=O) groups is 1. The number of nitrogens with zero attached hydrogens (tertiary/aromatic N) is 1. The van der Waals surface area contributed by atoms with Crippen molar-refractivity contribution in [2.45, 2.75) is 0 Å². The summed E-state index contributed by atoms with van der Waals surface area (Å²) in [6, 6.07) is 8.72. The van der Waals surface area contributed by atoms with Crippen molar-refractivity contribution >= 4 is 28.9 Å². The highest BCUT2D eigenvalue weighted by Gasteiger charge is 2.14. The van der Waals surface area contributed by atoms with Gasteiger partial charge in [0.2, 0.25) is 0 Å². The summed E-state index contributed by atoms with van der Waals surface area (Å²) < 4.78 is 12.7. The highest BCUT2D eigenvalue weighted by molar-refractivity contribution is 6.31. The molecule has 7 heteroatoms. The van der Waals surface area contributed by atoms with Gasteiger partial charge in [0.15, 0.2) is 0 Å². The van der Waals surface area contributed by atoms with Crippen molar-refractivity contribution in [2.75, 3.05) is 5.32 Å². The number of hydrogen-bond acceptors (Lipinski definition) is 3. The highest BCUT2D eigenvalue weighted by Crippen LogP contribution is 2.21. The van der Waals surface area contributed by atoms with Gasteiger partial charge in [0, 0.05) is 28.4 Å². The van der Waals surface area contributed by atoms with Crippen LogP contribution in [0.3, 0.4) is 0 Å². The molecule has 102 valence electrons. The van der Waals surface area contributed by atoms with E-state index in [1.165, 1.54) is 30.3 Å². The van der Waals surface area contributed by atoms with Crippen molar-refractivity contribution in [3.8, 4) is 0 Å². The number of hydrogen-bond donors (Lipinski definition) is 1. The highest BCUT2D eigenvalue weighted by atomic mass is 35.5. The summed E-state index contributed by atoms with van der Waals surface area (Å²) in [5.41, 5.74) is 0.148. The zero-order chi connectivity index (χ0) is 14.7. The minimum absolute atomic E-state index is 0.0496. The third-order valence-corrected chi connectivity index (χ3v) is 2.68. The molecule has 1 N–H and O–H groups in total. The summed E-state index contributed by atoms with van der Waals surface area (Å²) in [6.07, 6.45) is 0. The van der Waals surface area contributed by atoms with E-state index in [1.807, 2.05) is 0 Å². The van der Waals surface area contributed by atoms with E-state index in [0.29, 0.717) is 5.69 Å². The van der Waals surface area contributed by atoms with Crippen LogP contribution in [0.1, 0.15) is 10.4 Å². The average Bonchev–Trinajstić information content (AvgIpc) is 2.40. The minimum atomic E-state index is -0.638. The van der Waals surface area contributed by atoms with Gasteiger partial charge >= 0.3 is 0 Å². The fourth-order valence-corrected chi connectivity index (χ4v) is 1.78. The number of nitrogens with one attached hydrogen (secondary N) is 1. The molecule has 0 saturated heterocycles. The molecule has 0 unspecified atom stereocenters. The number of non-ortho nitro benzene ring substituents is 1. The fourth-order valence-electron chi connectivity index (χ4n) is 1.55. The fraction of sp³-hybridized carbons (Fsp3) is 0. The van der Waals surface area contributed by atoms with Crippen molar-refractivity contribution in [3.05, 3.63) is 69.0 Å². The zero-order valence-corrected chi connectivity index (χ0v) is 10.7. The molecule has 20 heavy (non-hydrogen) atoms. The topological polar surface area (TPSA) is 72.2 Å². The van der Waals surface area contributed by atoms with Crippen LogP contribution in [0.2, 0.25) is 5.02 Å². The predicted molar refractivity (Wildman–Crippen MR) is 72.5 cm³/mol. The van der Waals surface area contributed by atoms with E-state index >= 15 is 0 Å². The molecule has 2 aromatic rings. The van der Waals surface area contributed by atoms with Crippen molar-refractivity contribution in [1.82, 2.24) is 0 Å². The molecule has 0 aliphatic rings. The quantitative estimate of drug-likeness (QED) is 0.694. The molecule has 0 fully saturated rings. The van der Waals surface area contributed by atoms with E-state index in [9.17, 15) is 19.3 Å². The number of carbonyl (C=O) groups excluding carboxylic acids is 1. The zero-order valence-electron chi connectivity index (χ0n) is 9.97. The Kier molecular flexibility index (Phi) is 3.95. The van der Waals surface area contributed by atoms with Crippen LogP contribution >= 0.6 is 11.6 Å². The number of nitro benzene ring substituents is 1. The lowest BCUT2D eigenvalue weighted by Crippen LogP contribution is -2.12. The molecular formula is C13H8ClFN2O3. The lowest BCUT2D eigenvalue weighted by Gasteiger charge is -2.05. The maximum Gasteiger partial charge on any atom is 0.271 e. The monoisotopic (exact) mass is 294 g/mol. The first kappa shape index (κ1) is 14.0. The second kappa shape index (κ2) is 5.66. The van der Waals surface area contributed by atoms with Crippen LogP contribution in [0, 0.1) is 15.9 Å². The van der Waals surface area contributed by atoms with Gasteiger partial charge in [-0.15, -0.1) is 0 Å². The Morgan fingerprint density at radius 1 is 1.20 bits per heavy atom. The summed E-state index contributed by atoms with van der Waals surface area (Å²) in [5, 5.41) is 13.3. The van der Waals surface area contributed by atoms with Gasteiger partial charge in [0.05, 0.1) is 4.92 Å². The average molecular weight is 295 g/mol. The summed E-state index contributed by atoms with van der Waals surface area (Å²) in [7, 11) is 0. The molecule has 0 atom stereocenters. The van der Waals surface area contributed by atoms with E-state index in [-0.39, 0.29) is 16.3 Å². The van der Waals surface area contributed by atoms with Crippen LogP contribution < -0.4 is 5.32 Å². The lowest BCUT2D eigenvalue weighted by atomic mass is 10.2. The van der Waals surface area contributed by atoms with Crippen LogP contribution in [0.25, 0.3) is 0 Å². The largest absolute Gasteiger partial charge is 0.322 e. The van der Waals surface area contributed by atoms with Crippen molar-refractivity contribution in [1.29, 1.82) is 0 Å². The molecule has 0 saturated carbocycles. The maximum absolute atomic E-state index is 12.7. The maximum atomic E-state index is 12.7. The second-order valence-corrected chi connectivity index (χ2v) is 4.35. The van der Waals surface area contributed by atoms with Crippen LogP contribution in [-0.2, 0) is 0 Å². The second-order valence-electron chi connectivity index (χ2n) is 3.92. The van der Waals surface area contributed by atoms with Crippen molar-refractivity contribution in [3.63, 3.8) is 0 Å². The van der Waals surface area contributed by atoms with E-state index in [0.717, 1.165) is 12.1 Å². The molecule has 0 aromatic heterocycles. The van der Waals surface area contributed by atoms with E-state index in [2.05, 4.69) is 5.32 Å². The van der Waals surface area contributed by atoms with E-state index in [1.54, 1.807) is 0 Å². The normalized spacial score (nSPS) is 10.1. The molecule has 0 radical (unpaired) electrons. The molecule has 1 amide bonds. The predicted octanol–water partition coefficient (Wildman–Crippen LogP) is 3.64. The van der Waals surface area contributed by atoms with Gasteiger partial charge in [-0.2, -0.15) is 0 Å². The van der Waals surface area contributed by atoms with Gasteiger partial charge in [-0.1, -0.05) is 11.6 Å². The lowest BCUT2D eigenvalue weighted by molar-refractivity contribution is -0.384. The molecule has 0 spiro atoms. The summed E-state index contributed by atoms with van der Waals surface area (Å²) in [6.45, 7) is 0. The van der Waals surface area contributed by atoms with Gasteiger partial charge in [-0.3, -0.25) is 14.9 Å². The molecule has 0 heterocycles. The van der Waals surface area contributed by atoms with Crippen LogP contribution in [0.5, 0.6) is 0 Å². The number of anilines is 1. The molecule has 0 aliphatic carbocycles. The Morgan fingerprint density at radius 2 is 1.85 bits per heavy atom. The Balaban J connectivity index is 2.25. The summed E-state index contributed by atoms with van der Waals surface area (Å²) in [4.78, 5) is 22.0. The first-order valence-electron chi connectivity index (χ1n) is 5.47. The molecule has 5 nitrogen and oxygen atoms in total. The van der Waals surface area contributed by atoms with Gasteiger partial charge < -0.3 is 5.32 Å². The van der Waals surface area contributed by atoms with Crippen LogP contribution in [0.4, 0.5) is 15.8 Å². The number of benzene rings is 2. The Labute approximate surface area is 118 Å². The number of nitro groups is 1.